The molecule has 0 saturated carbocycles. The van der Waals surface area contributed by atoms with Crippen LogP contribution in [0.2, 0.25) is 0 Å². The summed E-state index contributed by atoms with van der Waals surface area (Å²) < 4.78 is 5.69. The number of carbonyl (C=O) groups excluding carboxylic acids is 3. The molecule has 2 heterocycles. The molecule has 0 bridgehead atoms. The van der Waals surface area contributed by atoms with E-state index in [4.69, 9.17) is 4.74 Å². The molecule has 2 aliphatic rings. The summed E-state index contributed by atoms with van der Waals surface area (Å²) in [5.41, 5.74) is 2.03. The van der Waals surface area contributed by atoms with Gasteiger partial charge in [0.2, 0.25) is 12.0 Å². The Morgan fingerprint density at radius 3 is 2.23 bits per heavy atom. The quantitative estimate of drug-likeness (QED) is 0.690. The van der Waals surface area contributed by atoms with Gasteiger partial charge in [0, 0.05) is 38.2 Å². The predicted molar refractivity (Wildman–Crippen MR) is 112 cm³/mol. The molecule has 0 N–H and O–H groups in total. The Hall–Kier alpha value is -3.15. The SMILES string of the molecule is O=C(O[C@@H](C(=O)N1CCCC1)c1ccccc1)c1ccc(CN2CCCC2=O)cc1. The van der Waals surface area contributed by atoms with Crippen LogP contribution in [-0.4, -0.2) is 47.2 Å². The number of likely N-dealkylation sites (tertiary alicyclic amines) is 2. The summed E-state index contributed by atoms with van der Waals surface area (Å²) in [6.07, 6.45) is 2.51. The molecule has 2 amide bonds. The molecule has 0 spiro atoms. The van der Waals surface area contributed by atoms with E-state index in [0.29, 0.717) is 37.2 Å². The number of benzene rings is 2. The monoisotopic (exact) mass is 406 g/mol. The van der Waals surface area contributed by atoms with Crippen LogP contribution in [0.3, 0.4) is 0 Å². The van der Waals surface area contributed by atoms with E-state index < -0.39 is 12.1 Å². The first-order valence-corrected chi connectivity index (χ1v) is 10.5. The standard InChI is InChI=1S/C24H26N2O4/c27-21-9-6-16-26(21)17-18-10-12-20(13-11-18)24(29)30-22(19-7-2-1-3-8-19)23(28)25-14-4-5-15-25/h1-3,7-8,10-13,22H,4-6,9,14-17H2/t22-/m1/s1. The second-order valence-electron chi connectivity index (χ2n) is 7.84. The summed E-state index contributed by atoms with van der Waals surface area (Å²) in [4.78, 5) is 41.2. The Bertz CT molecular complexity index is 905. The van der Waals surface area contributed by atoms with Crippen molar-refractivity contribution in [3.63, 3.8) is 0 Å². The average molecular weight is 406 g/mol. The third kappa shape index (κ3) is 4.53. The van der Waals surface area contributed by atoms with E-state index in [9.17, 15) is 14.4 Å². The van der Waals surface area contributed by atoms with Crippen LogP contribution in [0.25, 0.3) is 0 Å². The fourth-order valence-electron chi connectivity index (χ4n) is 4.01. The highest BCUT2D eigenvalue weighted by Crippen LogP contribution is 2.24. The zero-order valence-corrected chi connectivity index (χ0v) is 17.0. The third-order valence-electron chi connectivity index (χ3n) is 5.70. The second kappa shape index (κ2) is 9.11. The Labute approximate surface area is 176 Å². The van der Waals surface area contributed by atoms with Crippen molar-refractivity contribution in [2.24, 2.45) is 0 Å². The first-order chi connectivity index (χ1) is 14.6. The molecule has 2 aromatic rings. The van der Waals surface area contributed by atoms with E-state index in [2.05, 4.69) is 0 Å². The van der Waals surface area contributed by atoms with E-state index >= 15 is 0 Å². The molecule has 0 aromatic heterocycles. The second-order valence-corrected chi connectivity index (χ2v) is 7.84. The number of esters is 1. The molecule has 0 aliphatic carbocycles. The number of amides is 2. The summed E-state index contributed by atoms with van der Waals surface area (Å²) in [6, 6.07) is 16.2. The van der Waals surface area contributed by atoms with Gasteiger partial charge in [0.05, 0.1) is 5.56 Å². The number of nitrogens with zero attached hydrogens (tertiary/aromatic N) is 2. The molecular weight excluding hydrogens is 380 g/mol. The molecule has 2 saturated heterocycles. The van der Waals surface area contributed by atoms with Crippen LogP contribution in [-0.2, 0) is 20.9 Å². The van der Waals surface area contributed by atoms with Gasteiger partial charge in [0.1, 0.15) is 0 Å². The summed E-state index contributed by atoms with van der Waals surface area (Å²) >= 11 is 0. The highest BCUT2D eigenvalue weighted by Gasteiger charge is 2.31. The summed E-state index contributed by atoms with van der Waals surface area (Å²) in [7, 11) is 0. The maximum absolute atomic E-state index is 13.0. The number of carbonyl (C=O) groups is 3. The molecular formula is C24H26N2O4. The largest absolute Gasteiger partial charge is 0.444 e. The van der Waals surface area contributed by atoms with Gasteiger partial charge in [-0.15, -0.1) is 0 Å². The molecule has 1 atom stereocenters. The van der Waals surface area contributed by atoms with Crippen molar-refractivity contribution < 1.29 is 19.1 Å². The van der Waals surface area contributed by atoms with Crippen molar-refractivity contribution in [3.8, 4) is 0 Å². The minimum atomic E-state index is -0.946. The molecule has 4 rings (SSSR count). The van der Waals surface area contributed by atoms with Gasteiger partial charge in [-0.3, -0.25) is 9.59 Å². The van der Waals surface area contributed by atoms with Gasteiger partial charge in [-0.05, 0) is 37.0 Å². The van der Waals surface area contributed by atoms with E-state index in [1.165, 1.54) is 0 Å². The Morgan fingerprint density at radius 1 is 0.900 bits per heavy atom. The molecule has 2 fully saturated rings. The van der Waals surface area contributed by atoms with Crippen LogP contribution in [0.15, 0.2) is 54.6 Å². The fraction of sp³-hybridized carbons (Fsp3) is 0.375. The van der Waals surface area contributed by atoms with Crippen LogP contribution in [0.4, 0.5) is 0 Å². The zero-order chi connectivity index (χ0) is 20.9. The van der Waals surface area contributed by atoms with Crippen molar-refractivity contribution in [1.29, 1.82) is 0 Å². The Morgan fingerprint density at radius 2 is 1.60 bits per heavy atom. The smallest absolute Gasteiger partial charge is 0.339 e. The maximum atomic E-state index is 13.0. The van der Waals surface area contributed by atoms with Crippen LogP contribution >= 0.6 is 0 Å². The maximum Gasteiger partial charge on any atom is 0.339 e. The molecule has 6 nitrogen and oxygen atoms in total. The van der Waals surface area contributed by atoms with Crippen LogP contribution in [0, 0.1) is 0 Å². The number of hydrogen-bond acceptors (Lipinski definition) is 4. The Kier molecular flexibility index (Phi) is 6.12. The van der Waals surface area contributed by atoms with Crippen molar-refractivity contribution in [1.82, 2.24) is 9.80 Å². The molecule has 30 heavy (non-hydrogen) atoms. The van der Waals surface area contributed by atoms with Gasteiger partial charge in [-0.1, -0.05) is 42.5 Å². The highest BCUT2D eigenvalue weighted by molar-refractivity contribution is 5.92. The van der Waals surface area contributed by atoms with Gasteiger partial charge in [-0.2, -0.15) is 0 Å². The number of rotatable bonds is 6. The highest BCUT2D eigenvalue weighted by atomic mass is 16.5. The lowest BCUT2D eigenvalue weighted by molar-refractivity contribution is -0.140. The minimum Gasteiger partial charge on any atom is -0.444 e. The Balaban J connectivity index is 1.46. The van der Waals surface area contributed by atoms with E-state index in [1.54, 1.807) is 17.0 Å². The van der Waals surface area contributed by atoms with Gasteiger partial charge in [0.25, 0.3) is 5.91 Å². The van der Waals surface area contributed by atoms with Gasteiger partial charge < -0.3 is 14.5 Å². The molecule has 156 valence electrons. The minimum absolute atomic E-state index is 0.170. The van der Waals surface area contributed by atoms with E-state index in [0.717, 1.165) is 31.4 Å². The van der Waals surface area contributed by atoms with E-state index in [1.807, 2.05) is 47.4 Å². The van der Waals surface area contributed by atoms with Crippen molar-refractivity contribution in [3.05, 3.63) is 71.3 Å². The van der Waals surface area contributed by atoms with Crippen molar-refractivity contribution in [2.75, 3.05) is 19.6 Å². The molecule has 0 unspecified atom stereocenters. The normalized spacial score (nSPS) is 17.3. The lowest BCUT2D eigenvalue weighted by Gasteiger charge is -2.23. The van der Waals surface area contributed by atoms with E-state index in [-0.39, 0.29) is 11.8 Å². The first kappa shape index (κ1) is 20.1. The fourth-order valence-corrected chi connectivity index (χ4v) is 4.01. The molecule has 6 heteroatoms. The van der Waals surface area contributed by atoms with Gasteiger partial charge >= 0.3 is 5.97 Å². The summed E-state index contributed by atoms with van der Waals surface area (Å²) in [5, 5.41) is 0. The number of hydrogen-bond donors (Lipinski definition) is 0. The summed E-state index contributed by atoms with van der Waals surface area (Å²) in [6.45, 7) is 2.72. The van der Waals surface area contributed by atoms with Crippen LogP contribution < -0.4 is 0 Å². The van der Waals surface area contributed by atoms with Crippen LogP contribution in [0.5, 0.6) is 0 Å². The van der Waals surface area contributed by atoms with Gasteiger partial charge in [-0.25, -0.2) is 4.79 Å². The first-order valence-electron chi connectivity index (χ1n) is 10.5. The lowest BCUT2D eigenvalue weighted by atomic mass is 10.1. The predicted octanol–water partition coefficient (Wildman–Crippen LogP) is 3.33. The molecule has 2 aromatic carbocycles. The molecule has 0 radical (unpaired) electrons. The van der Waals surface area contributed by atoms with Crippen LogP contribution in [0.1, 0.15) is 53.3 Å². The van der Waals surface area contributed by atoms with Gasteiger partial charge in [0.15, 0.2) is 0 Å². The topological polar surface area (TPSA) is 66.9 Å². The summed E-state index contributed by atoms with van der Waals surface area (Å²) in [5.74, 6) is -0.527. The van der Waals surface area contributed by atoms with Crippen molar-refractivity contribution in [2.45, 2.75) is 38.3 Å². The zero-order valence-electron chi connectivity index (χ0n) is 17.0. The third-order valence-corrected chi connectivity index (χ3v) is 5.70. The van der Waals surface area contributed by atoms with Crippen molar-refractivity contribution >= 4 is 17.8 Å². The average Bonchev–Trinajstić information content (AvgIpc) is 3.45. The number of ether oxygens (including phenoxy) is 1. The molecule has 2 aliphatic heterocycles. The lowest BCUT2D eigenvalue weighted by Crippen LogP contribution is -2.34.